The number of halogens is 1. The van der Waals surface area contributed by atoms with Gasteiger partial charge in [0.2, 0.25) is 0 Å². The highest BCUT2D eigenvalue weighted by molar-refractivity contribution is 9.10. The summed E-state index contributed by atoms with van der Waals surface area (Å²) in [6.07, 6.45) is 3.11. The highest BCUT2D eigenvalue weighted by Gasteiger charge is 2.16. The van der Waals surface area contributed by atoms with Crippen LogP contribution in [-0.4, -0.2) is 22.9 Å². The molecule has 0 aliphatic heterocycles. The number of pyridine rings is 1. The molecule has 0 aliphatic carbocycles. The molecule has 0 spiro atoms. The summed E-state index contributed by atoms with van der Waals surface area (Å²) in [5.41, 5.74) is -0.512. The first-order valence-electron chi connectivity index (χ1n) is 5.01. The second kappa shape index (κ2) is 5.73. The van der Waals surface area contributed by atoms with E-state index < -0.39 is 11.7 Å². The van der Waals surface area contributed by atoms with Crippen LogP contribution in [0.25, 0.3) is 0 Å². The van der Waals surface area contributed by atoms with Gasteiger partial charge in [0, 0.05) is 15.6 Å². The third-order valence-corrected chi connectivity index (χ3v) is 3.34. The van der Waals surface area contributed by atoms with Crippen LogP contribution in [0.3, 0.4) is 0 Å². The van der Waals surface area contributed by atoms with Crippen LogP contribution in [0.5, 0.6) is 0 Å². The third kappa shape index (κ3) is 4.95. The van der Waals surface area contributed by atoms with Crippen molar-refractivity contribution in [2.45, 2.75) is 31.3 Å². The lowest BCUT2D eigenvalue weighted by atomic mass is 10.2. The standard InChI is InChI=1S/C11H15BrN2O2S/c1-11(2,3)16-10(15)14-9-5-8(17-4)7(12)6-13-9/h5-6H,1-4H3,(H,13,14,15). The van der Waals surface area contributed by atoms with Gasteiger partial charge in [0.15, 0.2) is 0 Å². The molecule has 1 amide bonds. The van der Waals surface area contributed by atoms with E-state index in [-0.39, 0.29) is 0 Å². The third-order valence-electron chi connectivity index (χ3n) is 1.67. The number of carbonyl (C=O) groups is 1. The number of hydrogen-bond acceptors (Lipinski definition) is 4. The molecule has 0 bridgehead atoms. The average Bonchev–Trinajstić information content (AvgIpc) is 2.18. The SMILES string of the molecule is CSc1cc(NC(=O)OC(C)(C)C)ncc1Br. The number of hydrogen-bond donors (Lipinski definition) is 1. The maximum Gasteiger partial charge on any atom is 0.413 e. The van der Waals surface area contributed by atoms with Crippen molar-refractivity contribution in [3.8, 4) is 0 Å². The van der Waals surface area contributed by atoms with Crippen LogP contribution in [0.2, 0.25) is 0 Å². The molecule has 94 valence electrons. The fourth-order valence-electron chi connectivity index (χ4n) is 1.05. The van der Waals surface area contributed by atoms with Crippen molar-refractivity contribution in [1.29, 1.82) is 0 Å². The van der Waals surface area contributed by atoms with Gasteiger partial charge >= 0.3 is 6.09 Å². The Labute approximate surface area is 114 Å². The number of carbonyl (C=O) groups excluding carboxylic acids is 1. The molecule has 1 rings (SSSR count). The number of thioether (sulfide) groups is 1. The van der Waals surface area contributed by atoms with Gasteiger partial charge in [0.05, 0.1) is 0 Å². The van der Waals surface area contributed by atoms with Gasteiger partial charge in [-0.2, -0.15) is 0 Å². The van der Waals surface area contributed by atoms with Gasteiger partial charge in [-0.3, -0.25) is 5.32 Å². The largest absolute Gasteiger partial charge is 0.444 e. The summed E-state index contributed by atoms with van der Waals surface area (Å²) in [5.74, 6) is 0.479. The monoisotopic (exact) mass is 318 g/mol. The Kier molecular flexibility index (Phi) is 4.82. The van der Waals surface area contributed by atoms with Gasteiger partial charge < -0.3 is 4.74 Å². The van der Waals surface area contributed by atoms with Crippen LogP contribution in [0.15, 0.2) is 21.6 Å². The number of aromatic nitrogens is 1. The van der Waals surface area contributed by atoms with E-state index in [0.29, 0.717) is 5.82 Å². The van der Waals surface area contributed by atoms with E-state index >= 15 is 0 Å². The first kappa shape index (κ1) is 14.3. The molecule has 4 nitrogen and oxygen atoms in total. The summed E-state index contributed by atoms with van der Waals surface area (Å²) in [5, 5.41) is 2.59. The van der Waals surface area contributed by atoms with E-state index in [9.17, 15) is 4.79 Å². The Balaban J connectivity index is 2.72. The Morgan fingerprint density at radius 1 is 1.53 bits per heavy atom. The number of anilines is 1. The van der Waals surface area contributed by atoms with Crippen LogP contribution in [0, 0.1) is 0 Å². The Hall–Kier alpha value is -0.750. The smallest absolute Gasteiger partial charge is 0.413 e. The summed E-state index contributed by atoms with van der Waals surface area (Å²) in [6.45, 7) is 5.44. The lowest BCUT2D eigenvalue weighted by Crippen LogP contribution is -2.27. The minimum atomic E-state index is -0.512. The normalized spacial score (nSPS) is 11.1. The second-order valence-corrected chi connectivity index (χ2v) is 6.03. The van der Waals surface area contributed by atoms with Crippen LogP contribution in [-0.2, 0) is 4.74 Å². The molecule has 0 fully saturated rings. The summed E-state index contributed by atoms with van der Waals surface area (Å²) in [4.78, 5) is 16.6. The van der Waals surface area contributed by atoms with Crippen molar-refractivity contribution >= 4 is 39.6 Å². The summed E-state index contributed by atoms with van der Waals surface area (Å²) in [6, 6.07) is 1.79. The molecule has 6 heteroatoms. The van der Waals surface area contributed by atoms with Crippen molar-refractivity contribution in [2.24, 2.45) is 0 Å². The zero-order chi connectivity index (χ0) is 13.1. The van der Waals surface area contributed by atoms with Gasteiger partial charge in [0.1, 0.15) is 11.4 Å². The Morgan fingerprint density at radius 3 is 2.71 bits per heavy atom. The molecular formula is C11H15BrN2O2S. The fourth-order valence-corrected chi connectivity index (χ4v) is 2.23. The highest BCUT2D eigenvalue weighted by atomic mass is 79.9. The van der Waals surface area contributed by atoms with E-state index in [1.807, 2.05) is 27.0 Å². The van der Waals surface area contributed by atoms with Crippen molar-refractivity contribution in [2.75, 3.05) is 11.6 Å². The number of rotatable bonds is 2. The van der Waals surface area contributed by atoms with E-state index in [1.165, 1.54) is 0 Å². The van der Waals surface area contributed by atoms with Gasteiger partial charge in [-0.05, 0) is 49.0 Å². The fraction of sp³-hybridized carbons (Fsp3) is 0.455. The van der Waals surface area contributed by atoms with Crippen molar-refractivity contribution < 1.29 is 9.53 Å². The predicted molar refractivity (Wildman–Crippen MR) is 73.6 cm³/mol. The Morgan fingerprint density at radius 2 is 2.18 bits per heavy atom. The zero-order valence-corrected chi connectivity index (χ0v) is 12.6. The van der Waals surface area contributed by atoms with E-state index in [4.69, 9.17) is 4.74 Å². The highest BCUT2D eigenvalue weighted by Crippen LogP contribution is 2.26. The van der Waals surface area contributed by atoms with Gasteiger partial charge in [-0.15, -0.1) is 11.8 Å². The number of ether oxygens (including phenoxy) is 1. The van der Waals surface area contributed by atoms with E-state index in [0.717, 1.165) is 9.37 Å². The molecule has 1 N–H and O–H groups in total. The molecule has 1 heterocycles. The molecule has 0 radical (unpaired) electrons. The molecule has 0 aromatic carbocycles. The van der Waals surface area contributed by atoms with Crippen molar-refractivity contribution in [3.63, 3.8) is 0 Å². The number of amides is 1. The first-order chi connectivity index (χ1) is 7.81. The van der Waals surface area contributed by atoms with Crippen molar-refractivity contribution in [1.82, 2.24) is 4.98 Å². The van der Waals surface area contributed by atoms with Crippen LogP contribution < -0.4 is 5.32 Å². The molecule has 0 saturated heterocycles. The first-order valence-corrected chi connectivity index (χ1v) is 7.03. The maximum absolute atomic E-state index is 11.5. The lowest BCUT2D eigenvalue weighted by molar-refractivity contribution is 0.0635. The molecule has 0 aliphatic rings. The summed E-state index contributed by atoms with van der Waals surface area (Å²) >= 11 is 4.95. The summed E-state index contributed by atoms with van der Waals surface area (Å²) < 4.78 is 6.04. The van der Waals surface area contributed by atoms with E-state index in [1.54, 1.807) is 24.0 Å². The topological polar surface area (TPSA) is 51.2 Å². The van der Waals surface area contributed by atoms with Crippen LogP contribution >= 0.6 is 27.7 Å². The average molecular weight is 319 g/mol. The van der Waals surface area contributed by atoms with E-state index in [2.05, 4.69) is 26.2 Å². The lowest BCUT2D eigenvalue weighted by Gasteiger charge is -2.19. The van der Waals surface area contributed by atoms with Crippen molar-refractivity contribution in [3.05, 3.63) is 16.7 Å². The zero-order valence-electron chi connectivity index (χ0n) is 10.2. The molecule has 17 heavy (non-hydrogen) atoms. The van der Waals surface area contributed by atoms with Gasteiger partial charge in [-0.25, -0.2) is 9.78 Å². The van der Waals surface area contributed by atoms with Gasteiger partial charge in [-0.1, -0.05) is 0 Å². The molecule has 0 unspecified atom stereocenters. The molecule has 0 atom stereocenters. The number of nitrogens with one attached hydrogen (secondary N) is 1. The molecule has 0 saturated carbocycles. The Bertz CT molecular complexity index is 418. The van der Waals surface area contributed by atoms with Crippen LogP contribution in [0.1, 0.15) is 20.8 Å². The summed E-state index contributed by atoms with van der Waals surface area (Å²) in [7, 11) is 0. The quantitative estimate of drug-likeness (QED) is 0.840. The minimum Gasteiger partial charge on any atom is -0.444 e. The molecule has 1 aromatic rings. The molecular weight excluding hydrogens is 304 g/mol. The second-order valence-electron chi connectivity index (χ2n) is 4.33. The molecule has 1 aromatic heterocycles. The minimum absolute atomic E-state index is 0.479. The van der Waals surface area contributed by atoms with Crippen LogP contribution in [0.4, 0.5) is 10.6 Å². The predicted octanol–water partition coefficient (Wildman–Crippen LogP) is 3.91. The van der Waals surface area contributed by atoms with Gasteiger partial charge in [0.25, 0.3) is 0 Å². The number of nitrogens with zero attached hydrogens (tertiary/aromatic N) is 1. The maximum atomic E-state index is 11.5.